The number of carbonyl (C=O) groups is 1. The van der Waals surface area contributed by atoms with Crippen LogP contribution >= 0.6 is 0 Å². The first-order chi connectivity index (χ1) is 9.26. The van der Waals surface area contributed by atoms with E-state index < -0.39 is 0 Å². The number of amides is 1. The molecule has 19 heavy (non-hydrogen) atoms. The lowest BCUT2D eigenvalue weighted by molar-refractivity contribution is 0.0937. The standard InChI is InChI=1S/C15H21N3O/c1-16-14-4-2-3-13(18-14)15(19)17-9-12-8-10-5-6-11(12)7-10/h2-4,10-12H,5-9H2,1H3,(H,16,18)(H,17,19). The lowest BCUT2D eigenvalue weighted by atomic mass is 9.89. The van der Waals surface area contributed by atoms with Crippen molar-refractivity contribution in [2.75, 3.05) is 18.9 Å². The number of carbonyl (C=O) groups excluding carboxylic acids is 1. The minimum Gasteiger partial charge on any atom is -0.373 e. The Labute approximate surface area is 114 Å². The van der Waals surface area contributed by atoms with Crippen molar-refractivity contribution < 1.29 is 4.79 Å². The van der Waals surface area contributed by atoms with E-state index in [4.69, 9.17) is 0 Å². The second kappa shape index (κ2) is 5.19. The summed E-state index contributed by atoms with van der Waals surface area (Å²) < 4.78 is 0. The summed E-state index contributed by atoms with van der Waals surface area (Å²) in [6, 6.07) is 5.47. The van der Waals surface area contributed by atoms with E-state index in [1.165, 1.54) is 25.7 Å². The summed E-state index contributed by atoms with van der Waals surface area (Å²) in [6.45, 7) is 0.811. The molecular formula is C15H21N3O. The van der Waals surface area contributed by atoms with Gasteiger partial charge in [0, 0.05) is 13.6 Å². The first-order valence-corrected chi connectivity index (χ1v) is 7.19. The minimum absolute atomic E-state index is 0.0557. The zero-order chi connectivity index (χ0) is 13.2. The highest BCUT2D eigenvalue weighted by Crippen LogP contribution is 2.47. The predicted molar refractivity (Wildman–Crippen MR) is 75.1 cm³/mol. The average Bonchev–Trinajstić information content (AvgIpc) is 3.07. The molecule has 0 spiro atoms. The Morgan fingerprint density at radius 1 is 1.37 bits per heavy atom. The average molecular weight is 259 g/mol. The molecule has 3 rings (SSSR count). The largest absolute Gasteiger partial charge is 0.373 e. The first-order valence-electron chi connectivity index (χ1n) is 7.19. The van der Waals surface area contributed by atoms with Gasteiger partial charge in [0.25, 0.3) is 5.91 Å². The van der Waals surface area contributed by atoms with Crippen molar-refractivity contribution in [3.63, 3.8) is 0 Å². The Balaban J connectivity index is 1.56. The zero-order valence-corrected chi connectivity index (χ0v) is 11.4. The SMILES string of the molecule is CNc1cccc(C(=O)NCC2CC3CCC2C3)n1. The van der Waals surface area contributed by atoms with Crippen molar-refractivity contribution in [1.82, 2.24) is 10.3 Å². The molecule has 102 valence electrons. The number of aromatic nitrogens is 1. The van der Waals surface area contributed by atoms with Crippen molar-refractivity contribution >= 4 is 11.7 Å². The first kappa shape index (κ1) is 12.5. The molecule has 1 aromatic rings. The van der Waals surface area contributed by atoms with Gasteiger partial charge in [0.2, 0.25) is 0 Å². The van der Waals surface area contributed by atoms with Gasteiger partial charge < -0.3 is 10.6 Å². The highest BCUT2D eigenvalue weighted by Gasteiger charge is 2.39. The van der Waals surface area contributed by atoms with E-state index in [1.807, 2.05) is 12.1 Å². The quantitative estimate of drug-likeness (QED) is 0.872. The number of pyridine rings is 1. The molecule has 2 N–H and O–H groups in total. The van der Waals surface area contributed by atoms with Gasteiger partial charge in [0.05, 0.1) is 0 Å². The normalized spacial score (nSPS) is 28.4. The molecule has 0 radical (unpaired) electrons. The van der Waals surface area contributed by atoms with E-state index in [0.29, 0.717) is 11.6 Å². The molecule has 0 aromatic carbocycles. The third kappa shape index (κ3) is 2.57. The monoisotopic (exact) mass is 259 g/mol. The van der Waals surface area contributed by atoms with Crippen LogP contribution in [0.25, 0.3) is 0 Å². The Hall–Kier alpha value is -1.58. The number of nitrogens with zero attached hydrogens (tertiary/aromatic N) is 1. The third-order valence-electron chi connectivity index (χ3n) is 4.65. The van der Waals surface area contributed by atoms with Crippen molar-refractivity contribution in [2.24, 2.45) is 17.8 Å². The summed E-state index contributed by atoms with van der Waals surface area (Å²) in [7, 11) is 1.80. The summed E-state index contributed by atoms with van der Waals surface area (Å²) in [4.78, 5) is 16.3. The van der Waals surface area contributed by atoms with Crippen LogP contribution in [0.2, 0.25) is 0 Å². The molecule has 3 unspecified atom stereocenters. The summed E-state index contributed by atoms with van der Waals surface area (Å²) in [5.41, 5.74) is 0.495. The van der Waals surface area contributed by atoms with Crippen LogP contribution in [-0.2, 0) is 0 Å². The molecule has 4 heteroatoms. The van der Waals surface area contributed by atoms with Gasteiger partial charge in [-0.05, 0) is 49.1 Å². The van der Waals surface area contributed by atoms with Gasteiger partial charge in [-0.1, -0.05) is 12.5 Å². The highest BCUT2D eigenvalue weighted by molar-refractivity contribution is 5.92. The molecule has 0 saturated heterocycles. The predicted octanol–water partition coefficient (Wildman–Crippen LogP) is 2.29. The molecule has 1 amide bonds. The number of hydrogen-bond donors (Lipinski definition) is 2. The highest BCUT2D eigenvalue weighted by atomic mass is 16.1. The van der Waals surface area contributed by atoms with Crippen LogP contribution in [-0.4, -0.2) is 24.5 Å². The summed E-state index contributed by atoms with van der Waals surface area (Å²) >= 11 is 0. The van der Waals surface area contributed by atoms with Crippen LogP contribution < -0.4 is 10.6 Å². The third-order valence-corrected chi connectivity index (χ3v) is 4.65. The minimum atomic E-state index is -0.0557. The van der Waals surface area contributed by atoms with E-state index >= 15 is 0 Å². The maximum absolute atomic E-state index is 12.1. The summed E-state index contributed by atoms with van der Waals surface area (Å²) in [5.74, 6) is 3.14. The molecule has 1 heterocycles. The fourth-order valence-corrected chi connectivity index (χ4v) is 3.64. The van der Waals surface area contributed by atoms with Crippen LogP contribution in [0, 0.1) is 17.8 Å². The Bertz CT molecular complexity index is 474. The van der Waals surface area contributed by atoms with Gasteiger partial charge in [0.1, 0.15) is 11.5 Å². The van der Waals surface area contributed by atoms with Crippen LogP contribution in [0.4, 0.5) is 5.82 Å². The number of nitrogens with one attached hydrogen (secondary N) is 2. The van der Waals surface area contributed by atoms with Gasteiger partial charge in [0.15, 0.2) is 0 Å². The number of rotatable bonds is 4. The molecule has 2 fully saturated rings. The lowest BCUT2D eigenvalue weighted by Crippen LogP contribution is -2.32. The van der Waals surface area contributed by atoms with Crippen LogP contribution in [0.1, 0.15) is 36.2 Å². The molecule has 2 saturated carbocycles. The maximum atomic E-state index is 12.1. The second-order valence-electron chi connectivity index (χ2n) is 5.80. The topological polar surface area (TPSA) is 54.0 Å². The molecule has 2 aliphatic rings. The van der Waals surface area contributed by atoms with E-state index in [9.17, 15) is 4.79 Å². The Morgan fingerprint density at radius 2 is 2.26 bits per heavy atom. The Kier molecular flexibility index (Phi) is 3.40. The van der Waals surface area contributed by atoms with Crippen molar-refractivity contribution in [3.8, 4) is 0 Å². The van der Waals surface area contributed by atoms with Gasteiger partial charge >= 0.3 is 0 Å². The van der Waals surface area contributed by atoms with Crippen molar-refractivity contribution in [2.45, 2.75) is 25.7 Å². The van der Waals surface area contributed by atoms with Gasteiger partial charge in [-0.2, -0.15) is 0 Å². The fraction of sp³-hybridized carbons (Fsp3) is 0.600. The summed E-state index contributed by atoms with van der Waals surface area (Å²) in [6.07, 6.45) is 5.45. The van der Waals surface area contributed by atoms with Gasteiger partial charge in [-0.15, -0.1) is 0 Å². The van der Waals surface area contributed by atoms with E-state index in [1.54, 1.807) is 13.1 Å². The molecule has 4 nitrogen and oxygen atoms in total. The second-order valence-corrected chi connectivity index (χ2v) is 5.80. The molecular weight excluding hydrogens is 238 g/mol. The maximum Gasteiger partial charge on any atom is 0.269 e. The molecule has 0 aliphatic heterocycles. The summed E-state index contributed by atoms with van der Waals surface area (Å²) in [5, 5.41) is 6.00. The molecule has 1 aromatic heterocycles. The van der Waals surface area contributed by atoms with Gasteiger partial charge in [-0.3, -0.25) is 4.79 Å². The Morgan fingerprint density at radius 3 is 2.95 bits per heavy atom. The van der Waals surface area contributed by atoms with Gasteiger partial charge in [-0.25, -0.2) is 4.98 Å². The smallest absolute Gasteiger partial charge is 0.269 e. The van der Waals surface area contributed by atoms with E-state index in [-0.39, 0.29) is 5.91 Å². The number of fused-ring (bicyclic) bond motifs is 2. The molecule has 3 atom stereocenters. The van der Waals surface area contributed by atoms with Crippen LogP contribution in [0.15, 0.2) is 18.2 Å². The van der Waals surface area contributed by atoms with Crippen molar-refractivity contribution in [3.05, 3.63) is 23.9 Å². The van der Waals surface area contributed by atoms with Crippen LogP contribution in [0.5, 0.6) is 0 Å². The molecule has 2 aliphatic carbocycles. The van der Waals surface area contributed by atoms with Crippen LogP contribution in [0.3, 0.4) is 0 Å². The number of anilines is 1. The zero-order valence-electron chi connectivity index (χ0n) is 11.4. The fourth-order valence-electron chi connectivity index (χ4n) is 3.64. The van der Waals surface area contributed by atoms with Crippen molar-refractivity contribution in [1.29, 1.82) is 0 Å². The number of hydrogen-bond acceptors (Lipinski definition) is 3. The molecule has 2 bridgehead atoms. The van der Waals surface area contributed by atoms with E-state index in [0.717, 1.165) is 24.2 Å². The van der Waals surface area contributed by atoms with E-state index in [2.05, 4.69) is 15.6 Å². The lowest BCUT2D eigenvalue weighted by Gasteiger charge is -2.21.